The molecule has 2 heterocycles. The number of aromatic hydroxyl groups is 1. The maximum Gasteiger partial charge on any atom is 0.205 e. The van der Waals surface area contributed by atoms with Gasteiger partial charge < -0.3 is 10.4 Å². The lowest BCUT2D eigenvalue weighted by Crippen LogP contribution is -2.50. The highest BCUT2D eigenvalue weighted by Gasteiger charge is 2.22. The molecule has 0 atom stereocenters. The van der Waals surface area contributed by atoms with Crippen LogP contribution in [0.3, 0.4) is 0 Å². The first-order chi connectivity index (χ1) is 13.3. The second-order valence-electron chi connectivity index (χ2n) is 6.32. The van der Waals surface area contributed by atoms with Crippen LogP contribution in [0.5, 0.6) is 5.75 Å². The minimum absolute atomic E-state index is 0.279. The van der Waals surface area contributed by atoms with E-state index < -0.39 is 0 Å². The molecule has 1 fully saturated rings. The lowest BCUT2D eigenvalue weighted by Gasteiger charge is -2.37. The van der Waals surface area contributed by atoms with E-state index in [-0.39, 0.29) is 5.75 Å². The number of rotatable bonds is 5. The summed E-state index contributed by atoms with van der Waals surface area (Å²) < 4.78 is 0. The largest absolute Gasteiger partial charge is 0.508 e. The van der Waals surface area contributed by atoms with Gasteiger partial charge in [-0.25, -0.2) is 15.0 Å². The number of hydrogen-bond acceptors (Lipinski definition) is 6. The van der Waals surface area contributed by atoms with Crippen LogP contribution in [0.25, 0.3) is 12.2 Å². The number of benzene rings is 2. The van der Waals surface area contributed by atoms with Crippen molar-refractivity contribution in [3.8, 4) is 5.75 Å². The zero-order valence-electron chi connectivity index (χ0n) is 15.0. The van der Waals surface area contributed by atoms with Gasteiger partial charge >= 0.3 is 0 Å². The third-order valence-electron chi connectivity index (χ3n) is 4.40. The van der Waals surface area contributed by atoms with Gasteiger partial charge in [-0.2, -0.15) is 0 Å². The molecule has 3 aromatic rings. The van der Waals surface area contributed by atoms with Gasteiger partial charge in [-0.15, -0.1) is 0 Å². The SMILES string of the molecule is Oc1ccc(C=Cc2cnc(N(c3ccccc3)N3CCNCC3)s2)cc1. The van der Waals surface area contributed by atoms with E-state index in [0.717, 1.165) is 47.4 Å². The van der Waals surface area contributed by atoms with Gasteiger partial charge in [-0.1, -0.05) is 47.7 Å². The van der Waals surface area contributed by atoms with Crippen LogP contribution in [0.15, 0.2) is 60.8 Å². The van der Waals surface area contributed by atoms with E-state index in [4.69, 9.17) is 0 Å². The molecule has 1 aliphatic heterocycles. The van der Waals surface area contributed by atoms with Crippen molar-refractivity contribution < 1.29 is 5.11 Å². The van der Waals surface area contributed by atoms with E-state index >= 15 is 0 Å². The maximum atomic E-state index is 9.39. The predicted octanol–water partition coefficient (Wildman–Crippen LogP) is 3.98. The number of anilines is 2. The van der Waals surface area contributed by atoms with Gasteiger partial charge in [0.25, 0.3) is 0 Å². The average Bonchev–Trinajstić information content (AvgIpc) is 3.18. The first kappa shape index (κ1) is 17.7. The molecule has 4 rings (SSSR count). The molecule has 0 spiro atoms. The molecule has 0 radical (unpaired) electrons. The normalized spacial score (nSPS) is 15.3. The monoisotopic (exact) mass is 378 g/mol. The van der Waals surface area contributed by atoms with Crippen molar-refractivity contribution >= 4 is 34.3 Å². The predicted molar refractivity (Wildman–Crippen MR) is 112 cm³/mol. The summed E-state index contributed by atoms with van der Waals surface area (Å²) in [4.78, 5) is 5.78. The zero-order chi connectivity index (χ0) is 18.5. The van der Waals surface area contributed by atoms with E-state index in [9.17, 15) is 5.11 Å². The maximum absolute atomic E-state index is 9.39. The summed E-state index contributed by atoms with van der Waals surface area (Å²) in [6, 6.07) is 17.6. The van der Waals surface area contributed by atoms with Crippen LogP contribution in [-0.4, -0.2) is 41.3 Å². The minimum Gasteiger partial charge on any atom is -0.508 e. The third-order valence-corrected chi connectivity index (χ3v) is 5.34. The Morgan fingerprint density at radius 1 is 1.00 bits per heavy atom. The second-order valence-corrected chi connectivity index (χ2v) is 7.36. The molecule has 0 saturated carbocycles. The summed E-state index contributed by atoms with van der Waals surface area (Å²) in [5.74, 6) is 0.279. The zero-order valence-corrected chi connectivity index (χ0v) is 15.8. The molecule has 0 bridgehead atoms. The van der Waals surface area contributed by atoms with Gasteiger partial charge in [-0.3, -0.25) is 0 Å². The lowest BCUT2D eigenvalue weighted by molar-refractivity contribution is 0.244. The third kappa shape index (κ3) is 4.36. The van der Waals surface area contributed by atoms with Crippen LogP contribution in [0.4, 0.5) is 10.8 Å². The molecule has 2 aromatic carbocycles. The summed E-state index contributed by atoms with van der Waals surface area (Å²) in [6.07, 6.45) is 6.01. The van der Waals surface area contributed by atoms with Crippen LogP contribution >= 0.6 is 11.3 Å². The number of phenols is 1. The summed E-state index contributed by atoms with van der Waals surface area (Å²) >= 11 is 1.67. The van der Waals surface area contributed by atoms with Crippen molar-refractivity contribution in [2.24, 2.45) is 0 Å². The summed E-state index contributed by atoms with van der Waals surface area (Å²) in [7, 11) is 0. The first-order valence-corrected chi connectivity index (χ1v) is 9.85. The minimum atomic E-state index is 0.279. The number of aromatic nitrogens is 1. The molecule has 1 saturated heterocycles. The quantitative estimate of drug-likeness (QED) is 0.703. The molecule has 27 heavy (non-hydrogen) atoms. The number of hydrogen-bond donors (Lipinski definition) is 2. The highest BCUT2D eigenvalue weighted by molar-refractivity contribution is 7.16. The molecule has 1 aliphatic rings. The number of piperazine rings is 1. The van der Waals surface area contributed by atoms with Crippen molar-refractivity contribution in [2.75, 3.05) is 31.2 Å². The van der Waals surface area contributed by atoms with Crippen LogP contribution in [-0.2, 0) is 0 Å². The van der Waals surface area contributed by atoms with Crippen molar-refractivity contribution in [3.63, 3.8) is 0 Å². The van der Waals surface area contributed by atoms with E-state index in [0.29, 0.717) is 0 Å². The fraction of sp³-hybridized carbons (Fsp3) is 0.190. The van der Waals surface area contributed by atoms with Crippen LogP contribution in [0.2, 0.25) is 0 Å². The van der Waals surface area contributed by atoms with Gasteiger partial charge in [0.2, 0.25) is 5.13 Å². The fourth-order valence-electron chi connectivity index (χ4n) is 3.03. The second kappa shape index (κ2) is 8.35. The summed E-state index contributed by atoms with van der Waals surface area (Å²) in [6.45, 7) is 3.85. The number of phenolic OH excluding ortho intramolecular Hbond substituents is 1. The topological polar surface area (TPSA) is 51.6 Å². The van der Waals surface area contributed by atoms with Crippen LogP contribution in [0.1, 0.15) is 10.4 Å². The lowest BCUT2D eigenvalue weighted by atomic mass is 10.2. The van der Waals surface area contributed by atoms with Crippen molar-refractivity contribution in [1.29, 1.82) is 0 Å². The number of para-hydroxylation sites is 1. The van der Waals surface area contributed by atoms with Gasteiger partial charge in [0.05, 0.1) is 5.69 Å². The molecule has 2 N–H and O–H groups in total. The van der Waals surface area contributed by atoms with E-state index in [2.05, 4.69) is 50.7 Å². The Hall–Kier alpha value is -2.67. The molecule has 6 heteroatoms. The molecule has 0 aliphatic carbocycles. The average molecular weight is 379 g/mol. The van der Waals surface area contributed by atoms with Gasteiger partial charge in [0.15, 0.2) is 0 Å². The van der Waals surface area contributed by atoms with Gasteiger partial charge in [0.1, 0.15) is 5.75 Å². The molecule has 138 valence electrons. The highest BCUT2D eigenvalue weighted by atomic mass is 32.1. The first-order valence-electron chi connectivity index (χ1n) is 9.03. The Bertz CT molecular complexity index is 886. The number of hydrazine groups is 1. The fourth-order valence-corrected chi connectivity index (χ4v) is 3.90. The van der Waals surface area contributed by atoms with E-state index in [1.54, 1.807) is 23.5 Å². The Kier molecular flexibility index (Phi) is 5.48. The van der Waals surface area contributed by atoms with Crippen LogP contribution < -0.4 is 10.3 Å². The van der Waals surface area contributed by atoms with E-state index in [1.165, 1.54) is 0 Å². The van der Waals surface area contributed by atoms with Gasteiger partial charge in [-0.05, 0) is 35.9 Å². The number of thiazole rings is 1. The Morgan fingerprint density at radius 3 is 2.48 bits per heavy atom. The molecule has 5 nitrogen and oxygen atoms in total. The number of nitrogens with one attached hydrogen (secondary N) is 1. The Balaban J connectivity index is 1.58. The Labute approximate surface area is 163 Å². The number of nitrogens with zero attached hydrogens (tertiary/aromatic N) is 3. The smallest absolute Gasteiger partial charge is 0.205 e. The Morgan fingerprint density at radius 2 is 1.74 bits per heavy atom. The van der Waals surface area contributed by atoms with Crippen LogP contribution in [0, 0.1) is 0 Å². The van der Waals surface area contributed by atoms with Crippen molar-refractivity contribution in [2.45, 2.75) is 0 Å². The molecule has 1 aromatic heterocycles. The molecule has 0 amide bonds. The van der Waals surface area contributed by atoms with Crippen molar-refractivity contribution in [3.05, 3.63) is 71.2 Å². The van der Waals surface area contributed by atoms with Crippen molar-refractivity contribution in [1.82, 2.24) is 15.3 Å². The highest BCUT2D eigenvalue weighted by Crippen LogP contribution is 2.32. The van der Waals surface area contributed by atoms with Gasteiger partial charge in [0, 0.05) is 37.3 Å². The molecular formula is C21H22N4OS. The summed E-state index contributed by atoms with van der Waals surface area (Å²) in [5, 5.41) is 18.3. The summed E-state index contributed by atoms with van der Waals surface area (Å²) in [5.41, 5.74) is 2.17. The molecule has 0 unspecified atom stereocenters. The molecular weight excluding hydrogens is 356 g/mol. The van der Waals surface area contributed by atoms with E-state index in [1.807, 2.05) is 30.5 Å². The standard InChI is InChI=1S/C21H22N4OS/c26-19-9-6-17(7-10-19)8-11-20-16-23-21(27-20)25(18-4-2-1-3-5-18)24-14-12-22-13-15-24/h1-11,16,22,26H,12-15H2.